The van der Waals surface area contributed by atoms with Gasteiger partial charge in [-0.15, -0.1) is 0 Å². The summed E-state index contributed by atoms with van der Waals surface area (Å²) in [4.78, 5) is 0. The Bertz CT molecular complexity index is 268. The first kappa shape index (κ1) is 9.28. The summed E-state index contributed by atoms with van der Waals surface area (Å²) in [5.74, 6) is 0. The normalized spacial score (nSPS) is 12.0. The molecule has 1 atom stereocenters. The number of hydrogen-bond donors (Lipinski definition) is 0. The fourth-order valence-electron chi connectivity index (χ4n) is 0.750. The molecule has 1 rings (SSSR count). The van der Waals surface area contributed by atoms with Gasteiger partial charge >= 0.3 is 77.9 Å². The molecule has 1 aromatic carbocycles. The molecule has 0 saturated carbocycles. The van der Waals surface area contributed by atoms with Crippen LogP contribution in [0.15, 0.2) is 30.3 Å². The number of ether oxygens (including phenoxy) is 1. The summed E-state index contributed by atoms with van der Waals surface area (Å²) in [5.41, 5.74) is 0. The Morgan fingerprint density at radius 3 is 2.58 bits per heavy atom. The van der Waals surface area contributed by atoms with E-state index in [2.05, 4.69) is 6.07 Å². The number of methoxy groups -OCH3 is 1. The first-order valence-electron chi connectivity index (χ1n) is 3.51. The van der Waals surface area contributed by atoms with Crippen LogP contribution in [0.3, 0.4) is 0 Å². The minimum absolute atomic E-state index is 0.102. The minimum atomic E-state index is -0.264. The molecule has 0 spiro atoms. The van der Waals surface area contributed by atoms with Gasteiger partial charge in [-0.05, 0) is 0 Å². The van der Waals surface area contributed by atoms with Gasteiger partial charge in [0.25, 0.3) is 0 Å². The third-order valence-corrected chi connectivity index (χ3v) is 3.52. The zero-order valence-corrected chi connectivity index (χ0v) is 8.44. The summed E-state index contributed by atoms with van der Waals surface area (Å²) >= 11 is 0.102. The van der Waals surface area contributed by atoms with Crippen molar-refractivity contribution in [3.8, 4) is 6.07 Å². The summed E-state index contributed by atoms with van der Waals surface area (Å²) in [7, 11) is 1.57. The molecule has 0 aliphatic rings. The van der Waals surface area contributed by atoms with Gasteiger partial charge < -0.3 is 0 Å². The molecule has 0 aliphatic carbocycles. The monoisotopic (exact) mass is 227 g/mol. The van der Waals surface area contributed by atoms with Crippen molar-refractivity contribution in [1.29, 1.82) is 5.26 Å². The Morgan fingerprint density at radius 2 is 2.08 bits per heavy atom. The summed E-state index contributed by atoms with van der Waals surface area (Å²) in [6.07, 6.45) is 0. The third-order valence-electron chi connectivity index (χ3n) is 1.31. The maximum absolute atomic E-state index is 8.63. The fourth-order valence-corrected chi connectivity index (χ4v) is 2.24. The SMILES string of the molecule is COC(C#N)[Se]c1ccccc1. The van der Waals surface area contributed by atoms with Crippen LogP contribution in [0, 0.1) is 11.3 Å². The molecule has 1 aromatic rings. The molecule has 0 radical (unpaired) electrons. The van der Waals surface area contributed by atoms with Gasteiger partial charge in [0.1, 0.15) is 0 Å². The second kappa shape index (κ2) is 4.95. The molecule has 0 saturated heterocycles. The van der Waals surface area contributed by atoms with Gasteiger partial charge in [-0.3, -0.25) is 0 Å². The van der Waals surface area contributed by atoms with E-state index in [0.29, 0.717) is 0 Å². The Kier molecular flexibility index (Phi) is 3.82. The summed E-state index contributed by atoms with van der Waals surface area (Å²) in [6, 6.07) is 12.1. The standard InChI is InChI=1S/C9H9NOSe/c1-11-9(7-10)12-8-5-3-2-4-6-8/h2-6,9H,1H3. The van der Waals surface area contributed by atoms with Crippen LogP contribution in [0.4, 0.5) is 0 Å². The molecule has 0 fully saturated rings. The zero-order chi connectivity index (χ0) is 8.81. The van der Waals surface area contributed by atoms with Crippen LogP contribution in [0.1, 0.15) is 0 Å². The molecule has 0 aromatic heterocycles. The number of nitrogens with zero attached hydrogens (tertiary/aromatic N) is 1. The predicted octanol–water partition coefficient (Wildman–Crippen LogP) is 0.512. The van der Waals surface area contributed by atoms with Gasteiger partial charge in [0, 0.05) is 0 Å². The second-order valence-electron chi connectivity index (χ2n) is 2.13. The van der Waals surface area contributed by atoms with Crippen LogP contribution in [-0.2, 0) is 4.74 Å². The molecule has 1 unspecified atom stereocenters. The topological polar surface area (TPSA) is 33.0 Å². The average Bonchev–Trinajstić information content (AvgIpc) is 2.16. The van der Waals surface area contributed by atoms with Crippen LogP contribution in [0.2, 0.25) is 0 Å². The molecule has 0 heterocycles. The quantitative estimate of drug-likeness (QED) is 0.703. The van der Waals surface area contributed by atoms with Crippen molar-refractivity contribution in [3.05, 3.63) is 30.3 Å². The molecule has 12 heavy (non-hydrogen) atoms. The number of hydrogen-bond acceptors (Lipinski definition) is 2. The van der Waals surface area contributed by atoms with Gasteiger partial charge in [0.15, 0.2) is 0 Å². The number of rotatable bonds is 3. The zero-order valence-electron chi connectivity index (χ0n) is 6.73. The van der Waals surface area contributed by atoms with Crippen molar-refractivity contribution < 1.29 is 4.74 Å². The van der Waals surface area contributed by atoms with Crippen molar-refractivity contribution in [2.45, 2.75) is 5.00 Å². The molecule has 2 nitrogen and oxygen atoms in total. The fraction of sp³-hybridized carbons (Fsp3) is 0.222. The molecule has 0 bridgehead atoms. The molecular formula is C9H9NOSe. The molecule has 62 valence electrons. The Hall–Kier alpha value is -0.811. The van der Waals surface area contributed by atoms with E-state index in [-0.39, 0.29) is 20.0 Å². The second-order valence-corrected chi connectivity index (χ2v) is 4.51. The third kappa shape index (κ3) is 2.67. The number of nitriles is 1. The van der Waals surface area contributed by atoms with Crippen molar-refractivity contribution in [3.63, 3.8) is 0 Å². The van der Waals surface area contributed by atoms with Crippen molar-refractivity contribution >= 4 is 19.4 Å². The number of benzene rings is 1. The Labute approximate surface area is 78.3 Å². The maximum atomic E-state index is 8.63. The van der Waals surface area contributed by atoms with Gasteiger partial charge in [-0.1, -0.05) is 0 Å². The van der Waals surface area contributed by atoms with E-state index in [1.54, 1.807) is 7.11 Å². The van der Waals surface area contributed by atoms with E-state index in [9.17, 15) is 0 Å². The molecule has 0 aliphatic heterocycles. The first-order valence-corrected chi connectivity index (χ1v) is 5.35. The van der Waals surface area contributed by atoms with Crippen LogP contribution >= 0.6 is 0 Å². The van der Waals surface area contributed by atoms with Gasteiger partial charge in [-0.2, -0.15) is 0 Å². The van der Waals surface area contributed by atoms with E-state index < -0.39 is 0 Å². The van der Waals surface area contributed by atoms with Gasteiger partial charge in [-0.25, -0.2) is 0 Å². The summed E-state index contributed by atoms with van der Waals surface area (Å²) in [6.45, 7) is 0. The van der Waals surface area contributed by atoms with Crippen LogP contribution in [-0.4, -0.2) is 27.1 Å². The summed E-state index contributed by atoms with van der Waals surface area (Å²) < 4.78 is 6.16. The average molecular weight is 226 g/mol. The van der Waals surface area contributed by atoms with E-state index in [0.717, 1.165) is 0 Å². The summed E-state index contributed by atoms with van der Waals surface area (Å²) in [5, 5.41) is 8.36. The van der Waals surface area contributed by atoms with E-state index in [4.69, 9.17) is 10.00 Å². The molecule has 0 N–H and O–H groups in total. The van der Waals surface area contributed by atoms with E-state index in [1.165, 1.54) is 4.46 Å². The van der Waals surface area contributed by atoms with Gasteiger partial charge in [0.05, 0.1) is 0 Å². The molecule has 0 amide bonds. The van der Waals surface area contributed by atoms with E-state index in [1.807, 2.05) is 30.3 Å². The van der Waals surface area contributed by atoms with Crippen LogP contribution in [0.25, 0.3) is 0 Å². The molecule has 3 heteroatoms. The van der Waals surface area contributed by atoms with E-state index >= 15 is 0 Å². The first-order chi connectivity index (χ1) is 5.86. The van der Waals surface area contributed by atoms with Gasteiger partial charge in [0.2, 0.25) is 0 Å². The molecular weight excluding hydrogens is 217 g/mol. The Morgan fingerprint density at radius 1 is 1.42 bits per heavy atom. The van der Waals surface area contributed by atoms with Crippen molar-refractivity contribution in [2.75, 3.05) is 7.11 Å². The van der Waals surface area contributed by atoms with Crippen LogP contribution < -0.4 is 4.46 Å². The van der Waals surface area contributed by atoms with Crippen molar-refractivity contribution in [2.24, 2.45) is 0 Å². The van der Waals surface area contributed by atoms with Crippen LogP contribution in [0.5, 0.6) is 0 Å². The van der Waals surface area contributed by atoms with Crippen molar-refractivity contribution in [1.82, 2.24) is 0 Å². The predicted molar refractivity (Wildman–Crippen MR) is 48.2 cm³/mol. The Balaban J connectivity index is 2.58.